The fourth-order valence-electron chi connectivity index (χ4n) is 2.91. The van der Waals surface area contributed by atoms with Gasteiger partial charge in [-0.25, -0.2) is 0 Å². The van der Waals surface area contributed by atoms with Crippen molar-refractivity contribution in [3.8, 4) is 0 Å². The number of benzene rings is 2. The number of rotatable bonds is 4. The maximum Gasteiger partial charge on any atom is 0.232 e. The number of piperidine rings is 1. The van der Waals surface area contributed by atoms with Gasteiger partial charge in [-0.3, -0.25) is 9.59 Å². The topological polar surface area (TPSA) is 63.4 Å². The van der Waals surface area contributed by atoms with Crippen LogP contribution in [0.2, 0.25) is 0 Å². The van der Waals surface area contributed by atoms with E-state index in [2.05, 4.69) is 30.3 Å². The number of amides is 2. The second-order valence-corrected chi connectivity index (χ2v) is 6.90. The van der Waals surface area contributed by atoms with E-state index in [1.54, 1.807) is 11.8 Å². The first-order chi connectivity index (χ1) is 11.1. The predicted molar refractivity (Wildman–Crippen MR) is 93.2 cm³/mol. The van der Waals surface area contributed by atoms with Crippen molar-refractivity contribution in [1.29, 1.82) is 0 Å². The van der Waals surface area contributed by atoms with Gasteiger partial charge in [0.15, 0.2) is 0 Å². The van der Waals surface area contributed by atoms with Crippen LogP contribution >= 0.6 is 11.8 Å². The maximum atomic E-state index is 12.3. The molecule has 0 spiro atoms. The molecule has 0 saturated carbocycles. The Labute approximate surface area is 140 Å². The minimum Gasteiger partial charge on any atom is -0.369 e. The van der Waals surface area contributed by atoms with Crippen LogP contribution in [0.1, 0.15) is 12.8 Å². The molecule has 1 fully saturated rings. The lowest BCUT2D eigenvalue weighted by Crippen LogP contribution is -2.42. The van der Waals surface area contributed by atoms with Crippen molar-refractivity contribution in [3.63, 3.8) is 0 Å². The van der Waals surface area contributed by atoms with Crippen LogP contribution < -0.4 is 5.73 Å². The number of thioether (sulfide) groups is 1. The summed E-state index contributed by atoms with van der Waals surface area (Å²) < 4.78 is 0. The Morgan fingerprint density at radius 2 is 1.78 bits per heavy atom. The molecule has 0 bridgehead atoms. The third kappa shape index (κ3) is 3.85. The highest BCUT2D eigenvalue weighted by Gasteiger charge is 2.25. The monoisotopic (exact) mass is 328 g/mol. The maximum absolute atomic E-state index is 12.3. The van der Waals surface area contributed by atoms with Gasteiger partial charge in [-0.05, 0) is 35.7 Å². The van der Waals surface area contributed by atoms with Crippen molar-refractivity contribution in [3.05, 3.63) is 42.5 Å². The second-order valence-electron chi connectivity index (χ2n) is 5.86. The van der Waals surface area contributed by atoms with E-state index in [4.69, 9.17) is 5.73 Å². The van der Waals surface area contributed by atoms with E-state index in [9.17, 15) is 9.59 Å². The summed E-state index contributed by atoms with van der Waals surface area (Å²) in [5.41, 5.74) is 5.32. The summed E-state index contributed by atoms with van der Waals surface area (Å²) in [6, 6.07) is 14.5. The molecule has 0 aromatic heterocycles. The standard InChI is InChI=1S/C18H20N2O2S/c19-18(22)14-7-9-20(10-8-14)17(21)12-23-16-6-5-13-3-1-2-4-15(13)11-16/h1-6,11,14H,7-10,12H2,(H2,19,22). The Kier molecular flexibility index (Phi) is 4.86. The number of carbonyl (C=O) groups excluding carboxylic acids is 2. The molecule has 2 aromatic carbocycles. The summed E-state index contributed by atoms with van der Waals surface area (Å²) in [5, 5.41) is 2.39. The minimum atomic E-state index is -0.248. The van der Waals surface area contributed by atoms with Gasteiger partial charge in [0.1, 0.15) is 0 Å². The highest BCUT2D eigenvalue weighted by molar-refractivity contribution is 8.00. The Balaban J connectivity index is 1.55. The number of carbonyl (C=O) groups is 2. The molecule has 0 atom stereocenters. The van der Waals surface area contributed by atoms with Crippen molar-refractivity contribution in [2.75, 3.05) is 18.8 Å². The Hall–Kier alpha value is -2.01. The van der Waals surface area contributed by atoms with E-state index < -0.39 is 0 Å². The van der Waals surface area contributed by atoms with Gasteiger partial charge >= 0.3 is 0 Å². The molecule has 3 rings (SSSR count). The van der Waals surface area contributed by atoms with Crippen LogP contribution in [0.5, 0.6) is 0 Å². The first-order valence-electron chi connectivity index (χ1n) is 7.82. The number of hydrogen-bond donors (Lipinski definition) is 1. The lowest BCUT2D eigenvalue weighted by molar-refractivity contribution is -0.132. The van der Waals surface area contributed by atoms with Crippen LogP contribution in [-0.2, 0) is 9.59 Å². The number of fused-ring (bicyclic) bond motifs is 1. The second kappa shape index (κ2) is 7.04. The lowest BCUT2D eigenvalue weighted by Gasteiger charge is -2.30. The molecule has 23 heavy (non-hydrogen) atoms. The van der Waals surface area contributed by atoms with Gasteiger partial charge < -0.3 is 10.6 Å². The molecular formula is C18H20N2O2S. The van der Waals surface area contributed by atoms with E-state index >= 15 is 0 Å². The van der Waals surface area contributed by atoms with Gasteiger partial charge in [0.2, 0.25) is 11.8 Å². The van der Waals surface area contributed by atoms with Gasteiger partial charge in [-0.15, -0.1) is 11.8 Å². The summed E-state index contributed by atoms with van der Waals surface area (Å²) in [6.45, 7) is 1.26. The fraction of sp³-hybridized carbons (Fsp3) is 0.333. The summed E-state index contributed by atoms with van der Waals surface area (Å²) >= 11 is 1.56. The molecule has 0 aliphatic carbocycles. The van der Waals surface area contributed by atoms with Crippen molar-refractivity contribution >= 4 is 34.3 Å². The number of primary amides is 1. The van der Waals surface area contributed by atoms with E-state index in [0.29, 0.717) is 31.7 Å². The molecule has 120 valence electrons. The van der Waals surface area contributed by atoms with Crippen LogP contribution in [0.4, 0.5) is 0 Å². The number of nitrogens with zero attached hydrogens (tertiary/aromatic N) is 1. The summed E-state index contributed by atoms with van der Waals surface area (Å²) in [7, 11) is 0. The lowest BCUT2D eigenvalue weighted by atomic mass is 9.96. The zero-order chi connectivity index (χ0) is 16.2. The largest absolute Gasteiger partial charge is 0.369 e. The van der Waals surface area contributed by atoms with Gasteiger partial charge in [0.05, 0.1) is 5.75 Å². The van der Waals surface area contributed by atoms with E-state index in [0.717, 1.165) is 4.90 Å². The Bertz CT molecular complexity index is 724. The van der Waals surface area contributed by atoms with Crippen molar-refractivity contribution in [1.82, 2.24) is 4.90 Å². The van der Waals surface area contributed by atoms with Crippen LogP contribution in [0, 0.1) is 5.92 Å². The summed E-state index contributed by atoms with van der Waals surface area (Å²) in [5.74, 6) is 0.237. The summed E-state index contributed by atoms with van der Waals surface area (Å²) in [4.78, 5) is 26.4. The molecule has 0 unspecified atom stereocenters. The Morgan fingerprint density at radius 1 is 1.09 bits per heavy atom. The molecule has 1 aliphatic heterocycles. The van der Waals surface area contributed by atoms with Crippen LogP contribution in [0.25, 0.3) is 10.8 Å². The normalized spacial score (nSPS) is 15.7. The third-order valence-corrected chi connectivity index (χ3v) is 5.31. The SMILES string of the molecule is NC(=O)C1CCN(C(=O)CSc2ccc3ccccc3c2)CC1. The summed E-state index contributed by atoms with van der Waals surface area (Å²) in [6.07, 6.45) is 1.36. The molecule has 5 heteroatoms. The average molecular weight is 328 g/mol. The molecule has 2 N–H and O–H groups in total. The molecule has 1 heterocycles. The fourth-order valence-corrected chi connectivity index (χ4v) is 3.75. The van der Waals surface area contributed by atoms with Gasteiger partial charge in [-0.2, -0.15) is 0 Å². The van der Waals surface area contributed by atoms with Gasteiger partial charge in [0.25, 0.3) is 0 Å². The third-order valence-electron chi connectivity index (χ3n) is 4.33. The van der Waals surface area contributed by atoms with Crippen LogP contribution in [-0.4, -0.2) is 35.6 Å². The molecular weight excluding hydrogens is 308 g/mol. The first kappa shape index (κ1) is 15.9. The van der Waals surface area contributed by atoms with E-state index in [1.807, 2.05) is 17.0 Å². The molecule has 1 aliphatic rings. The van der Waals surface area contributed by atoms with Crippen LogP contribution in [0.3, 0.4) is 0 Å². The molecule has 2 aromatic rings. The zero-order valence-corrected chi connectivity index (χ0v) is 13.7. The molecule has 4 nitrogen and oxygen atoms in total. The number of likely N-dealkylation sites (tertiary alicyclic amines) is 1. The van der Waals surface area contributed by atoms with Crippen LogP contribution in [0.15, 0.2) is 47.4 Å². The minimum absolute atomic E-state index is 0.0767. The van der Waals surface area contributed by atoms with Crippen molar-refractivity contribution in [2.24, 2.45) is 11.7 Å². The number of nitrogens with two attached hydrogens (primary N) is 1. The molecule has 1 saturated heterocycles. The van der Waals surface area contributed by atoms with E-state index in [-0.39, 0.29) is 17.7 Å². The van der Waals surface area contributed by atoms with Crippen molar-refractivity contribution < 1.29 is 9.59 Å². The average Bonchev–Trinajstić information content (AvgIpc) is 2.59. The van der Waals surface area contributed by atoms with Gasteiger partial charge in [0, 0.05) is 23.9 Å². The zero-order valence-electron chi connectivity index (χ0n) is 12.9. The highest BCUT2D eigenvalue weighted by atomic mass is 32.2. The number of hydrogen-bond acceptors (Lipinski definition) is 3. The predicted octanol–water partition coefficient (Wildman–Crippen LogP) is 2.66. The first-order valence-corrected chi connectivity index (χ1v) is 8.81. The highest BCUT2D eigenvalue weighted by Crippen LogP contribution is 2.24. The molecule has 2 amide bonds. The quantitative estimate of drug-likeness (QED) is 0.878. The van der Waals surface area contributed by atoms with Gasteiger partial charge in [-0.1, -0.05) is 30.3 Å². The van der Waals surface area contributed by atoms with Crippen molar-refractivity contribution in [2.45, 2.75) is 17.7 Å². The molecule has 0 radical (unpaired) electrons. The Morgan fingerprint density at radius 3 is 2.48 bits per heavy atom. The van der Waals surface area contributed by atoms with E-state index in [1.165, 1.54) is 10.8 Å². The smallest absolute Gasteiger partial charge is 0.232 e.